The Morgan fingerprint density at radius 1 is 1.14 bits per heavy atom. The zero-order chi connectivity index (χ0) is 15.4. The lowest BCUT2D eigenvalue weighted by Crippen LogP contribution is -2.26. The largest absolute Gasteiger partial charge is 0.302 e. The molecule has 1 N–H and O–H groups in total. The highest BCUT2D eigenvalue weighted by atomic mass is 32.1. The van der Waals surface area contributed by atoms with E-state index in [9.17, 15) is 0 Å². The first-order valence-electron chi connectivity index (χ1n) is 7.35. The average Bonchev–Trinajstić information content (AvgIpc) is 3.19. The van der Waals surface area contributed by atoms with Gasteiger partial charge in [0.2, 0.25) is 0 Å². The second-order valence-electron chi connectivity index (χ2n) is 5.46. The van der Waals surface area contributed by atoms with Gasteiger partial charge < -0.3 is 5.32 Å². The number of hydrogen-bond donors (Lipinski definition) is 1. The predicted octanol–water partition coefficient (Wildman–Crippen LogP) is 3.21. The zero-order valence-electron chi connectivity index (χ0n) is 12.7. The van der Waals surface area contributed by atoms with Crippen molar-refractivity contribution in [2.45, 2.75) is 26.4 Å². The molecule has 1 unspecified atom stereocenters. The summed E-state index contributed by atoms with van der Waals surface area (Å²) in [5, 5.41) is 17.7. The van der Waals surface area contributed by atoms with Crippen molar-refractivity contribution in [1.82, 2.24) is 25.5 Å². The van der Waals surface area contributed by atoms with E-state index in [0.717, 1.165) is 11.5 Å². The minimum atomic E-state index is 0.306. The van der Waals surface area contributed by atoms with Crippen molar-refractivity contribution in [3.8, 4) is 5.69 Å². The van der Waals surface area contributed by atoms with E-state index in [0.29, 0.717) is 18.5 Å². The van der Waals surface area contributed by atoms with Crippen molar-refractivity contribution in [3.63, 3.8) is 0 Å². The SMILES string of the molecule is CC(C)C(NCc1nnnn1-c1ccccc1)c1cccs1. The molecule has 0 aliphatic carbocycles. The summed E-state index contributed by atoms with van der Waals surface area (Å²) in [4.78, 5) is 1.34. The van der Waals surface area contributed by atoms with Gasteiger partial charge in [0, 0.05) is 10.9 Å². The number of thiophene rings is 1. The highest BCUT2D eigenvalue weighted by Gasteiger charge is 2.18. The molecule has 0 aliphatic heterocycles. The zero-order valence-corrected chi connectivity index (χ0v) is 13.5. The summed E-state index contributed by atoms with van der Waals surface area (Å²) >= 11 is 1.78. The van der Waals surface area contributed by atoms with Crippen LogP contribution in [0.2, 0.25) is 0 Å². The first kappa shape index (κ1) is 14.9. The average molecular weight is 313 g/mol. The molecule has 2 heterocycles. The number of rotatable bonds is 6. The van der Waals surface area contributed by atoms with Gasteiger partial charge in [-0.2, -0.15) is 4.68 Å². The molecule has 0 amide bonds. The van der Waals surface area contributed by atoms with Crippen molar-refractivity contribution < 1.29 is 0 Å². The summed E-state index contributed by atoms with van der Waals surface area (Å²) in [6, 6.07) is 14.5. The van der Waals surface area contributed by atoms with Crippen molar-refractivity contribution >= 4 is 11.3 Å². The normalized spacial score (nSPS) is 12.7. The summed E-state index contributed by atoms with van der Waals surface area (Å²) < 4.78 is 1.78. The lowest BCUT2D eigenvalue weighted by Gasteiger charge is -2.21. The summed E-state index contributed by atoms with van der Waals surface area (Å²) in [5.41, 5.74) is 0.974. The summed E-state index contributed by atoms with van der Waals surface area (Å²) in [6.07, 6.45) is 0. The Morgan fingerprint density at radius 3 is 2.64 bits per heavy atom. The molecule has 0 spiro atoms. The third kappa shape index (κ3) is 3.23. The van der Waals surface area contributed by atoms with Gasteiger partial charge in [-0.05, 0) is 39.9 Å². The van der Waals surface area contributed by atoms with Crippen LogP contribution in [-0.2, 0) is 6.54 Å². The number of aromatic nitrogens is 4. The van der Waals surface area contributed by atoms with Gasteiger partial charge in [0.15, 0.2) is 5.82 Å². The van der Waals surface area contributed by atoms with E-state index in [2.05, 4.69) is 52.2 Å². The Bertz CT molecular complexity index is 690. The fourth-order valence-electron chi connectivity index (χ4n) is 2.42. The molecule has 0 fully saturated rings. The molecule has 5 nitrogen and oxygen atoms in total. The quantitative estimate of drug-likeness (QED) is 0.759. The van der Waals surface area contributed by atoms with Crippen LogP contribution >= 0.6 is 11.3 Å². The van der Waals surface area contributed by atoms with E-state index in [1.807, 2.05) is 30.3 Å². The molecule has 22 heavy (non-hydrogen) atoms. The van der Waals surface area contributed by atoms with E-state index in [4.69, 9.17) is 0 Å². The monoisotopic (exact) mass is 313 g/mol. The molecule has 3 aromatic rings. The van der Waals surface area contributed by atoms with Crippen LogP contribution in [0.3, 0.4) is 0 Å². The van der Waals surface area contributed by atoms with Gasteiger partial charge in [-0.1, -0.05) is 38.1 Å². The Morgan fingerprint density at radius 2 is 1.95 bits per heavy atom. The summed E-state index contributed by atoms with van der Waals surface area (Å²) in [5.74, 6) is 1.31. The highest BCUT2D eigenvalue weighted by molar-refractivity contribution is 7.10. The Kier molecular flexibility index (Phi) is 4.60. The number of nitrogens with zero attached hydrogens (tertiary/aromatic N) is 4. The van der Waals surface area contributed by atoms with Crippen LogP contribution in [0.15, 0.2) is 47.8 Å². The maximum Gasteiger partial charge on any atom is 0.170 e. The molecule has 3 rings (SSSR count). The molecular formula is C16H19N5S. The predicted molar refractivity (Wildman–Crippen MR) is 87.9 cm³/mol. The lowest BCUT2D eigenvalue weighted by atomic mass is 10.0. The van der Waals surface area contributed by atoms with Crippen LogP contribution in [0.25, 0.3) is 5.69 Å². The van der Waals surface area contributed by atoms with Crippen LogP contribution in [0.4, 0.5) is 0 Å². The van der Waals surface area contributed by atoms with Crippen molar-refractivity contribution in [3.05, 3.63) is 58.5 Å². The highest BCUT2D eigenvalue weighted by Crippen LogP contribution is 2.26. The number of para-hydroxylation sites is 1. The van der Waals surface area contributed by atoms with Crippen molar-refractivity contribution in [2.75, 3.05) is 0 Å². The van der Waals surface area contributed by atoms with Crippen LogP contribution in [-0.4, -0.2) is 20.2 Å². The molecule has 0 saturated carbocycles. The molecule has 1 atom stereocenters. The molecule has 114 valence electrons. The summed E-state index contributed by atoms with van der Waals surface area (Å²) in [6.45, 7) is 5.07. The molecule has 6 heteroatoms. The molecule has 0 aliphatic rings. The van der Waals surface area contributed by atoms with Gasteiger partial charge in [0.05, 0.1) is 12.2 Å². The minimum absolute atomic E-state index is 0.306. The fourth-order valence-corrected chi connectivity index (χ4v) is 3.39. The van der Waals surface area contributed by atoms with E-state index in [-0.39, 0.29) is 0 Å². The molecule has 0 bridgehead atoms. The van der Waals surface area contributed by atoms with Gasteiger partial charge in [-0.25, -0.2) is 0 Å². The topological polar surface area (TPSA) is 55.6 Å². The van der Waals surface area contributed by atoms with Gasteiger partial charge in [-0.3, -0.25) is 0 Å². The minimum Gasteiger partial charge on any atom is -0.302 e. The van der Waals surface area contributed by atoms with E-state index >= 15 is 0 Å². The smallest absolute Gasteiger partial charge is 0.170 e. The first-order valence-corrected chi connectivity index (χ1v) is 8.23. The maximum absolute atomic E-state index is 4.15. The lowest BCUT2D eigenvalue weighted by molar-refractivity contribution is 0.409. The van der Waals surface area contributed by atoms with Gasteiger partial charge in [0.1, 0.15) is 0 Å². The number of tetrazole rings is 1. The third-order valence-corrected chi connectivity index (χ3v) is 4.49. The molecule has 0 saturated heterocycles. The van der Waals surface area contributed by atoms with Crippen LogP contribution in [0.5, 0.6) is 0 Å². The number of benzene rings is 1. The number of hydrogen-bond acceptors (Lipinski definition) is 5. The van der Waals surface area contributed by atoms with E-state index < -0.39 is 0 Å². The summed E-state index contributed by atoms with van der Waals surface area (Å²) in [7, 11) is 0. The molecule has 0 radical (unpaired) electrons. The standard InChI is InChI=1S/C16H19N5S/c1-12(2)16(14-9-6-10-22-14)17-11-15-18-19-20-21(15)13-7-4-3-5-8-13/h3-10,12,16-17H,11H2,1-2H3. The molecule has 2 aromatic heterocycles. The molecule has 1 aromatic carbocycles. The Balaban J connectivity index is 1.76. The van der Waals surface area contributed by atoms with Crippen LogP contribution in [0.1, 0.15) is 30.6 Å². The van der Waals surface area contributed by atoms with Crippen molar-refractivity contribution in [1.29, 1.82) is 0 Å². The number of nitrogens with one attached hydrogen (secondary N) is 1. The van der Waals surface area contributed by atoms with Crippen molar-refractivity contribution in [2.24, 2.45) is 5.92 Å². The Hall–Kier alpha value is -2.05. The van der Waals surface area contributed by atoms with Gasteiger partial charge >= 0.3 is 0 Å². The van der Waals surface area contributed by atoms with Crippen LogP contribution in [0, 0.1) is 5.92 Å². The van der Waals surface area contributed by atoms with Gasteiger partial charge in [-0.15, -0.1) is 16.4 Å². The molecular weight excluding hydrogens is 294 g/mol. The van der Waals surface area contributed by atoms with Gasteiger partial charge in [0.25, 0.3) is 0 Å². The third-order valence-electron chi connectivity index (χ3n) is 3.53. The second-order valence-corrected chi connectivity index (χ2v) is 6.44. The maximum atomic E-state index is 4.15. The first-order chi connectivity index (χ1) is 10.8. The van der Waals surface area contributed by atoms with Crippen LogP contribution < -0.4 is 5.32 Å². The Labute approximate surface area is 134 Å². The van der Waals surface area contributed by atoms with E-state index in [1.54, 1.807) is 16.0 Å². The second kappa shape index (κ2) is 6.81. The van der Waals surface area contributed by atoms with E-state index in [1.165, 1.54) is 4.88 Å². The fraction of sp³-hybridized carbons (Fsp3) is 0.312.